The molecule has 0 spiro atoms. The van der Waals surface area contributed by atoms with Gasteiger partial charge in [0.2, 0.25) is 0 Å². The van der Waals surface area contributed by atoms with Crippen molar-refractivity contribution in [1.82, 2.24) is 10.2 Å². The third kappa shape index (κ3) is 3.67. The van der Waals surface area contributed by atoms with Crippen LogP contribution in [0.2, 0.25) is 0 Å². The van der Waals surface area contributed by atoms with Crippen molar-refractivity contribution in [1.29, 1.82) is 0 Å². The number of nitrogens with zero attached hydrogens (tertiary/aromatic N) is 1. The standard InChI is InChI=1S/C14H28N2O/c1-3-15-13-7-4-6-12(13)10-16-9-5-8-14(2,17)11-16/h12-13,15,17H,3-11H2,1-2H3. The molecule has 0 amide bonds. The van der Waals surface area contributed by atoms with Crippen LogP contribution >= 0.6 is 0 Å². The Morgan fingerprint density at radius 3 is 2.88 bits per heavy atom. The van der Waals surface area contributed by atoms with Crippen molar-refractivity contribution in [3.05, 3.63) is 0 Å². The SMILES string of the molecule is CCNC1CCCC1CN1CCCC(C)(O)C1. The molecule has 17 heavy (non-hydrogen) atoms. The molecule has 3 heteroatoms. The molecule has 0 aromatic carbocycles. The smallest absolute Gasteiger partial charge is 0.0746 e. The molecule has 3 atom stereocenters. The maximum atomic E-state index is 10.1. The number of β-amino-alcohol motifs (C(OH)–C–C–N with tert-alkyl or cyclic N) is 1. The first-order valence-electron chi connectivity index (χ1n) is 7.29. The molecule has 1 aliphatic carbocycles. The van der Waals surface area contributed by atoms with E-state index in [1.54, 1.807) is 0 Å². The van der Waals surface area contributed by atoms with Crippen LogP contribution in [0.25, 0.3) is 0 Å². The van der Waals surface area contributed by atoms with Gasteiger partial charge in [0.25, 0.3) is 0 Å². The minimum Gasteiger partial charge on any atom is -0.389 e. The van der Waals surface area contributed by atoms with Gasteiger partial charge in [0.1, 0.15) is 0 Å². The lowest BCUT2D eigenvalue weighted by molar-refractivity contribution is -0.0206. The molecule has 0 bridgehead atoms. The third-order valence-corrected chi connectivity index (χ3v) is 4.37. The molecule has 0 radical (unpaired) electrons. The first kappa shape index (κ1) is 13.3. The van der Waals surface area contributed by atoms with Crippen LogP contribution in [-0.4, -0.2) is 47.8 Å². The molecule has 0 aromatic rings. The summed E-state index contributed by atoms with van der Waals surface area (Å²) in [5, 5.41) is 13.7. The van der Waals surface area contributed by atoms with Crippen molar-refractivity contribution in [2.24, 2.45) is 5.92 Å². The zero-order valence-electron chi connectivity index (χ0n) is 11.4. The molecule has 1 saturated heterocycles. The summed E-state index contributed by atoms with van der Waals surface area (Å²) in [6.07, 6.45) is 6.17. The fourth-order valence-corrected chi connectivity index (χ4v) is 3.60. The summed E-state index contributed by atoms with van der Waals surface area (Å²) in [7, 11) is 0. The van der Waals surface area contributed by atoms with Gasteiger partial charge in [-0.15, -0.1) is 0 Å². The van der Waals surface area contributed by atoms with Crippen molar-refractivity contribution >= 4 is 0 Å². The Balaban J connectivity index is 1.83. The second-order valence-electron chi connectivity index (χ2n) is 6.19. The van der Waals surface area contributed by atoms with Crippen molar-refractivity contribution < 1.29 is 5.11 Å². The Hall–Kier alpha value is -0.120. The minimum absolute atomic E-state index is 0.454. The molecule has 2 aliphatic rings. The van der Waals surface area contributed by atoms with Gasteiger partial charge in [0.15, 0.2) is 0 Å². The molecular formula is C14H28N2O. The van der Waals surface area contributed by atoms with Crippen molar-refractivity contribution in [3.63, 3.8) is 0 Å². The molecule has 2 fully saturated rings. The summed E-state index contributed by atoms with van der Waals surface area (Å²) in [6, 6.07) is 0.715. The third-order valence-electron chi connectivity index (χ3n) is 4.37. The van der Waals surface area contributed by atoms with Crippen LogP contribution in [0.3, 0.4) is 0 Å². The van der Waals surface area contributed by atoms with Crippen molar-refractivity contribution in [2.45, 2.75) is 57.6 Å². The maximum Gasteiger partial charge on any atom is 0.0746 e. The molecule has 1 saturated carbocycles. The van der Waals surface area contributed by atoms with Crippen LogP contribution < -0.4 is 5.32 Å². The summed E-state index contributed by atoms with van der Waals surface area (Å²) in [5.41, 5.74) is -0.454. The molecule has 3 unspecified atom stereocenters. The Morgan fingerprint density at radius 1 is 1.35 bits per heavy atom. The number of likely N-dealkylation sites (tertiary alicyclic amines) is 1. The summed E-state index contributed by atoms with van der Waals surface area (Å²) in [6.45, 7) is 8.47. The monoisotopic (exact) mass is 240 g/mol. The summed E-state index contributed by atoms with van der Waals surface area (Å²) >= 11 is 0. The summed E-state index contributed by atoms with van der Waals surface area (Å²) in [5.74, 6) is 0.795. The maximum absolute atomic E-state index is 10.1. The van der Waals surface area contributed by atoms with E-state index in [4.69, 9.17) is 0 Å². The minimum atomic E-state index is -0.454. The molecule has 2 N–H and O–H groups in total. The summed E-state index contributed by atoms with van der Waals surface area (Å²) in [4.78, 5) is 2.48. The lowest BCUT2D eigenvalue weighted by Crippen LogP contribution is -2.49. The molecule has 1 heterocycles. The highest BCUT2D eigenvalue weighted by Crippen LogP contribution is 2.28. The number of aliphatic hydroxyl groups is 1. The Kier molecular flexibility index (Phi) is 4.45. The topological polar surface area (TPSA) is 35.5 Å². The van der Waals surface area contributed by atoms with Gasteiger partial charge in [-0.25, -0.2) is 0 Å². The second-order valence-corrected chi connectivity index (χ2v) is 6.19. The number of nitrogens with one attached hydrogen (secondary N) is 1. The summed E-state index contributed by atoms with van der Waals surface area (Å²) < 4.78 is 0. The average molecular weight is 240 g/mol. The van der Waals surface area contributed by atoms with E-state index in [2.05, 4.69) is 17.1 Å². The Bertz CT molecular complexity index is 242. The lowest BCUT2D eigenvalue weighted by Gasteiger charge is -2.38. The molecule has 2 rings (SSSR count). The highest BCUT2D eigenvalue weighted by molar-refractivity contribution is 4.89. The Labute approximate surface area is 106 Å². The molecule has 1 aliphatic heterocycles. The van der Waals surface area contributed by atoms with Gasteiger partial charge in [0.05, 0.1) is 5.60 Å². The van der Waals surface area contributed by atoms with E-state index < -0.39 is 5.60 Å². The molecule has 100 valence electrons. The fraction of sp³-hybridized carbons (Fsp3) is 1.00. The highest BCUT2D eigenvalue weighted by Gasteiger charge is 2.33. The average Bonchev–Trinajstić information content (AvgIpc) is 2.65. The van der Waals surface area contributed by atoms with Gasteiger partial charge < -0.3 is 15.3 Å². The predicted octanol–water partition coefficient (Wildman–Crippen LogP) is 1.61. The van der Waals surface area contributed by atoms with E-state index in [9.17, 15) is 5.11 Å². The number of hydrogen-bond acceptors (Lipinski definition) is 3. The van der Waals surface area contributed by atoms with Crippen LogP contribution in [-0.2, 0) is 0 Å². The van der Waals surface area contributed by atoms with Crippen LogP contribution in [0.15, 0.2) is 0 Å². The lowest BCUT2D eigenvalue weighted by atomic mass is 9.93. The Morgan fingerprint density at radius 2 is 2.18 bits per heavy atom. The van der Waals surface area contributed by atoms with Crippen LogP contribution in [0.1, 0.15) is 46.0 Å². The van der Waals surface area contributed by atoms with E-state index in [0.29, 0.717) is 6.04 Å². The van der Waals surface area contributed by atoms with Gasteiger partial charge in [-0.05, 0) is 51.6 Å². The fourth-order valence-electron chi connectivity index (χ4n) is 3.60. The van der Waals surface area contributed by atoms with Crippen LogP contribution in [0.4, 0.5) is 0 Å². The van der Waals surface area contributed by atoms with Gasteiger partial charge >= 0.3 is 0 Å². The van der Waals surface area contributed by atoms with Gasteiger partial charge in [-0.2, -0.15) is 0 Å². The van der Waals surface area contributed by atoms with Gasteiger partial charge in [0, 0.05) is 19.1 Å². The second kappa shape index (κ2) is 5.68. The molecule has 0 aromatic heterocycles. The van der Waals surface area contributed by atoms with Crippen molar-refractivity contribution in [2.75, 3.05) is 26.2 Å². The largest absolute Gasteiger partial charge is 0.389 e. The van der Waals surface area contributed by atoms with E-state index in [1.807, 2.05) is 6.92 Å². The van der Waals surface area contributed by atoms with Gasteiger partial charge in [-0.1, -0.05) is 13.3 Å². The van der Waals surface area contributed by atoms with E-state index in [1.165, 1.54) is 32.4 Å². The van der Waals surface area contributed by atoms with Crippen LogP contribution in [0, 0.1) is 5.92 Å². The number of piperidine rings is 1. The number of hydrogen-bond donors (Lipinski definition) is 2. The van der Waals surface area contributed by atoms with Gasteiger partial charge in [-0.3, -0.25) is 0 Å². The van der Waals surface area contributed by atoms with Crippen LogP contribution in [0.5, 0.6) is 0 Å². The highest BCUT2D eigenvalue weighted by atomic mass is 16.3. The number of rotatable bonds is 4. The zero-order valence-corrected chi connectivity index (χ0v) is 11.4. The van der Waals surface area contributed by atoms with E-state index in [0.717, 1.165) is 31.8 Å². The van der Waals surface area contributed by atoms with Crippen molar-refractivity contribution in [3.8, 4) is 0 Å². The first-order chi connectivity index (χ1) is 8.11. The molecule has 3 nitrogen and oxygen atoms in total. The first-order valence-corrected chi connectivity index (χ1v) is 7.29. The zero-order chi connectivity index (χ0) is 12.3. The predicted molar refractivity (Wildman–Crippen MR) is 71.1 cm³/mol. The normalized spacial score (nSPS) is 39.7. The van der Waals surface area contributed by atoms with E-state index in [-0.39, 0.29) is 0 Å². The van der Waals surface area contributed by atoms with E-state index >= 15 is 0 Å². The molecular weight excluding hydrogens is 212 g/mol. The quantitative estimate of drug-likeness (QED) is 0.784.